The molecule has 0 aliphatic heterocycles. The van der Waals surface area contributed by atoms with E-state index in [1.807, 2.05) is 42.5 Å². The third kappa shape index (κ3) is 4.86. The van der Waals surface area contributed by atoms with E-state index in [0.29, 0.717) is 12.1 Å². The predicted molar refractivity (Wildman–Crippen MR) is 106 cm³/mol. The van der Waals surface area contributed by atoms with Crippen LogP contribution in [0.3, 0.4) is 0 Å². The first-order valence-electron chi connectivity index (χ1n) is 8.50. The van der Waals surface area contributed by atoms with E-state index < -0.39 is 5.91 Å². The largest absolute Gasteiger partial charge is 0.366 e. The first-order chi connectivity index (χ1) is 13.1. The number of carbonyl (C=O) groups is 2. The molecule has 134 valence electrons. The highest BCUT2D eigenvalue weighted by atomic mass is 16.2. The first kappa shape index (κ1) is 18.0. The van der Waals surface area contributed by atoms with Crippen molar-refractivity contribution < 1.29 is 9.59 Å². The van der Waals surface area contributed by atoms with Gasteiger partial charge in [0.05, 0.1) is 6.54 Å². The van der Waals surface area contributed by atoms with Gasteiger partial charge in [0.15, 0.2) is 0 Å². The van der Waals surface area contributed by atoms with Crippen LogP contribution in [0.1, 0.15) is 21.5 Å². The summed E-state index contributed by atoms with van der Waals surface area (Å²) in [5.74, 6) is 5.32. The van der Waals surface area contributed by atoms with E-state index in [1.165, 1.54) is 0 Å². The van der Waals surface area contributed by atoms with E-state index in [0.717, 1.165) is 21.9 Å². The quantitative estimate of drug-likeness (QED) is 0.627. The number of urea groups is 1. The number of carbonyl (C=O) groups excluding carboxylic acids is 2. The normalized spacial score (nSPS) is 9.93. The molecule has 0 heterocycles. The van der Waals surface area contributed by atoms with Gasteiger partial charge in [0, 0.05) is 17.7 Å². The van der Waals surface area contributed by atoms with E-state index >= 15 is 0 Å². The molecule has 0 atom stereocenters. The zero-order chi connectivity index (χ0) is 19.1. The summed E-state index contributed by atoms with van der Waals surface area (Å²) in [7, 11) is 0. The summed E-state index contributed by atoms with van der Waals surface area (Å²) >= 11 is 0. The number of primary amides is 1. The van der Waals surface area contributed by atoms with Crippen molar-refractivity contribution in [3.63, 3.8) is 0 Å². The van der Waals surface area contributed by atoms with Crippen LogP contribution in [0.2, 0.25) is 0 Å². The lowest BCUT2D eigenvalue weighted by Gasteiger charge is -2.08. The van der Waals surface area contributed by atoms with Crippen LogP contribution in [0, 0.1) is 11.8 Å². The summed E-state index contributed by atoms with van der Waals surface area (Å²) in [5, 5.41) is 7.81. The Morgan fingerprint density at radius 3 is 2.41 bits per heavy atom. The van der Waals surface area contributed by atoms with Gasteiger partial charge in [-0.2, -0.15) is 0 Å². The molecule has 4 N–H and O–H groups in total. The van der Waals surface area contributed by atoms with Crippen LogP contribution >= 0.6 is 0 Å². The van der Waals surface area contributed by atoms with Gasteiger partial charge >= 0.3 is 6.03 Å². The predicted octanol–water partition coefficient (Wildman–Crippen LogP) is 2.79. The van der Waals surface area contributed by atoms with Gasteiger partial charge in [-0.05, 0) is 40.6 Å². The van der Waals surface area contributed by atoms with Crippen LogP contribution < -0.4 is 16.4 Å². The van der Waals surface area contributed by atoms with Gasteiger partial charge < -0.3 is 16.4 Å². The molecule has 0 saturated heterocycles. The second kappa shape index (κ2) is 8.54. The zero-order valence-corrected chi connectivity index (χ0v) is 14.7. The van der Waals surface area contributed by atoms with Crippen molar-refractivity contribution in [3.8, 4) is 11.8 Å². The number of hydrogen-bond acceptors (Lipinski definition) is 2. The number of benzene rings is 3. The number of nitrogens with one attached hydrogen (secondary N) is 2. The summed E-state index contributed by atoms with van der Waals surface area (Å²) in [5.41, 5.74) is 7.43. The summed E-state index contributed by atoms with van der Waals surface area (Å²) in [4.78, 5) is 23.0. The summed E-state index contributed by atoms with van der Waals surface area (Å²) < 4.78 is 0. The van der Waals surface area contributed by atoms with E-state index in [4.69, 9.17) is 5.73 Å². The van der Waals surface area contributed by atoms with Crippen LogP contribution in [-0.4, -0.2) is 18.5 Å². The number of hydrogen-bond donors (Lipinski definition) is 3. The highest BCUT2D eigenvalue weighted by molar-refractivity contribution is 5.92. The molecular formula is C22H19N3O2. The number of fused-ring (bicyclic) bond motifs is 1. The van der Waals surface area contributed by atoms with Gasteiger partial charge in [0.25, 0.3) is 0 Å². The fraction of sp³-hybridized carbons (Fsp3) is 0.0909. The smallest absolute Gasteiger partial charge is 0.315 e. The molecule has 0 spiro atoms. The number of amides is 3. The summed E-state index contributed by atoms with van der Waals surface area (Å²) in [6, 6.07) is 20.5. The number of nitrogens with two attached hydrogens (primary N) is 1. The van der Waals surface area contributed by atoms with Crippen LogP contribution in [0.4, 0.5) is 4.79 Å². The standard InChI is InChI=1S/C22H19N3O2/c23-21(26)18-12-10-16(11-13-18)5-4-14-24-22(27)25-15-19-8-3-7-17-6-1-2-9-20(17)19/h1-3,6-13H,14-15H2,(H2,23,26)(H2,24,25,27). The average Bonchev–Trinajstić information content (AvgIpc) is 2.70. The van der Waals surface area contributed by atoms with Gasteiger partial charge in [0.1, 0.15) is 0 Å². The van der Waals surface area contributed by atoms with E-state index in [1.54, 1.807) is 24.3 Å². The SMILES string of the molecule is NC(=O)c1ccc(C#CCNC(=O)NCc2cccc3ccccc23)cc1. The molecule has 5 nitrogen and oxygen atoms in total. The highest BCUT2D eigenvalue weighted by Crippen LogP contribution is 2.18. The average molecular weight is 357 g/mol. The molecule has 0 radical (unpaired) electrons. The molecule has 3 aromatic rings. The van der Waals surface area contributed by atoms with Gasteiger partial charge in [-0.1, -0.05) is 54.3 Å². The Bertz CT molecular complexity index is 1030. The number of rotatable bonds is 4. The van der Waals surface area contributed by atoms with Crippen LogP contribution in [0.15, 0.2) is 66.7 Å². The van der Waals surface area contributed by atoms with Crippen LogP contribution in [0.25, 0.3) is 10.8 Å². The molecule has 3 amide bonds. The highest BCUT2D eigenvalue weighted by Gasteiger charge is 2.03. The van der Waals surface area contributed by atoms with E-state index in [2.05, 4.69) is 22.5 Å². The first-order valence-corrected chi connectivity index (χ1v) is 8.50. The Balaban J connectivity index is 1.49. The summed E-state index contributed by atoms with van der Waals surface area (Å²) in [6.07, 6.45) is 0. The van der Waals surface area contributed by atoms with Crippen LogP contribution in [-0.2, 0) is 6.54 Å². The maximum absolute atomic E-state index is 11.9. The lowest BCUT2D eigenvalue weighted by Crippen LogP contribution is -2.35. The third-order valence-electron chi connectivity index (χ3n) is 4.06. The minimum Gasteiger partial charge on any atom is -0.366 e. The van der Waals surface area contributed by atoms with Crippen molar-refractivity contribution in [2.24, 2.45) is 5.73 Å². The van der Waals surface area contributed by atoms with E-state index in [9.17, 15) is 9.59 Å². The van der Waals surface area contributed by atoms with Crippen molar-refractivity contribution in [2.75, 3.05) is 6.54 Å². The Morgan fingerprint density at radius 2 is 1.63 bits per heavy atom. The molecule has 0 bridgehead atoms. The molecule has 3 rings (SSSR count). The topological polar surface area (TPSA) is 84.2 Å². The van der Waals surface area contributed by atoms with Gasteiger partial charge in [-0.15, -0.1) is 0 Å². The molecule has 0 aliphatic carbocycles. The second-order valence-electron chi connectivity index (χ2n) is 5.92. The Labute approximate surface area is 157 Å². The molecule has 0 fully saturated rings. The fourth-order valence-corrected chi connectivity index (χ4v) is 2.67. The Morgan fingerprint density at radius 1 is 0.889 bits per heavy atom. The van der Waals surface area contributed by atoms with Gasteiger partial charge in [-0.3, -0.25) is 4.79 Å². The monoisotopic (exact) mass is 357 g/mol. The third-order valence-corrected chi connectivity index (χ3v) is 4.06. The van der Waals surface area contributed by atoms with E-state index in [-0.39, 0.29) is 12.6 Å². The van der Waals surface area contributed by atoms with Crippen molar-refractivity contribution in [2.45, 2.75) is 6.54 Å². The van der Waals surface area contributed by atoms with Crippen molar-refractivity contribution >= 4 is 22.7 Å². The lowest BCUT2D eigenvalue weighted by molar-refractivity contribution is 0.1000. The molecule has 0 saturated carbocycles. The second-order valence-corrected chi connectivity index (χ2v) is 5.92. The minimum absolute atomic E-state index is 0.221. The Kier molecular flexibility index (Phi) is 5.70. The molecule has 5 heteroatoms. The lowest BCUT2D eigenvalue weighted by atomic mass is 10.0. The minimum atomic E-state index is -0.473. The van der Waals surface area contributed by atoms with Gasteiger partial charge in [-0.25, -0.2) is 4.79 Å². The van der Waals surface area contributed by atoms with Crippen LogP contribution in [0.5, 0.6) is 0 Å². The maximum Gasteiger partial charge on any atom is 0.315 e. The van der Waals surface area contributed by atoms with Gasteiger partial charge in [0.2, 0.25) is 5.91 Å². The van der Waals surface area contributed by atoms with Crippen molar-refractivity contribution in [1.29, 1.82) is 0 Å². The fourth-order valence-electron chi connectivity index (χ4n) is 2.67. The maximum atomic E-state index is 11.9. The molecule has 0 aromatic heterocycles. The molecule has 3 aromatic carbocycles. The molecular weight excluding hydrogens is 338 g/mol. The Hall–Kier alpha value is -3.78. The molecule has 0 aliphatic rings. The van der Waals surface area contributed by atoms with Crippen molar-refractivity contribution in [1.82, 2.24) is 10.6 Å². The zero-order valence-electron chi connectivity index (χ0n) is 14.7. The summed E-state index contributed by atoms with van der Waals surface area (Å²) in [6.45, 7) is 0.661. The van der Waals surface area contributed by atoms with Crippen molar-refractivity contribution in [3.05, 3.63) is 83.4 Å². The molecule has 0 unspecified atom stereocenters. The molecule has 27 heavy (non-hydrogen) atoms.